The third-order valence-corrected chi connectivity index (χ3v) is 6.97. The Balaban J connectivity index is 1.42. The minimum atomic E-state index is -0.541. The van der Waals surface area contributed by atoms with Crippen LogP contribution in [0.5, 0.6) is 0 Å². The molecule has 2 aromatic carbocycles. The summed E-state index contributed by atoms with van der Waals surface area (Å²) in [6.07, 6.45) is 2.00. The molecular formula is C28H33N3O4. The van der Waals surface area contributed by atoms with E-state index in [1.807, 2.05) is 62.2 Å². The Morgan fingerprint density at radius 1 is 0.971 bits per heavy atom. The van der Waals surface area contributed by atoms with Crippen molar-refractivity contribution in [1.29, 1.82) is 0 Å². The maximum Gasteiger partial charge on any atom is 0.410 e. The number of nitrogens with one attached hydrogen (secondary N) is 1. The molecule has 7 nitrogen and oxygen atoms in total. The summed E-state index contributed by atoms with van der Waals surface area (Å²) in [7, 11) is 0. The number of benzene rings is 2. The third kappa shape index (κ3) is 4.65. The molecular weight excluding hydrogens is 442 g/mol. The zero-order chi connectivity index (χ0) is 24.6. The van der Waals surface area contributed by atoms with E-state index in [1.54, 1.807) is 4.90 Å². The van der Waals surface area contributed by atoms with Crippen molar-refractivity contribution in [1.82, 2.24) is 14.9 Å². The summed E-state index contributed by atoms with van der Waals surface area (Å²) in [5.74, 6) is -0.273. The summed E-state index contributed by atoms with van der Waals surface area (Å²) >= 11 is 0. The van der Waals surface area contributed by atoms with E-state index in [1.165, 1.54) is 10.9 Å². The van der Waals surface area contributed by atoms with Gasteiger partial charge in [-0.05, 0) is 57.2 Å². The number of carbonyl (C=O) groups is 2. The van der Waals surface area contributed by atoms with Crippen LogP contribution < -0.4 is 0 Å². The van der Waals surface area contributed by atoms with Gasteiger partial charge in [-0.15, -0.1) is 5.06 Å². The predicted octanol–water partition coefficient (Wildman–Crippen LogP) is 4.95. The number of fused-ring (bicyclic) bond motifs is 4. The van der Waals surface area contributed by atoms with Crippen LogP contribution in [-0.2, 0) is 32.7 Å². The molecule has 1 amide bonds. The SMILES string of the molecule is CC(C)(C)OC(=O)N1CCC2(CC1)c1[nH]c3ccccc3c1CCN2OC(=O)Cc1ccccc1. The number of rotatable bonds is 3. The summed E-state index contributed by atoms with van der Waals surface area (Å²) < 4.78 is 5.61. The molecule has 0 aliphatic carbocycles. The number of H-pyrrole nitrogens is 1. The number of carbonyl (C=O) groups excluding carboxylic acids is 2. The number of likely N-dealkylation sites (tertiary alicyclic amines) is 1. The van der Waals surface area contributed by atoms with Gasteiger partial charge in [0.25, 0.3) is 0 Å². The number of amides is 1. The van der Waals surface area contributed by atoms with E-state index in [0.717, 1.165) is 23.2 Å². The zero-order valence-electron chi connectivity index (χ0n) is 20.7. The predicted molar refractivity (Wildman–Crippen MR) is 134 cm³/mol. The number of hydrogen-bond acceptors (Lipinski definition) is 5. The van der Waals surface area contributed by atoms with Gasteiger partial charge in [-0.25, -0.2) is 9.59 Å². The van der Waals surface area contributed by atoms with E-state index in [0.29, 0.717) is 32.5 Å². The van der Waals surface area contributed by atoms with Crippen molar-refractivity contribution in [3.05, 3.63) is 71.4 Å². The molecule has 35 heavy (non-hydrogen) atoms. The molecule has 7 heteroatoms. The van der Waals surface area contributed by atoms with Gasteiger partial charge in [0.2, 0.25) is 0 Å². The number of ether oxygens (including phenoxy) is 1. The van der Waals surface area contributed by atoms with Gasteiger partial charge in [-0.3, -0.25) is 0 Å². The highest BCUT2D eigenvalue weighted by atomic mass is 16.7. The fraction of sp³-hybridized carbons (Fsp3) is 0.429. The lowest BCUT2D eigenvalue weighted by molar-refractivity contribution is -0.236. The first-order valence-electron chi connectivity index (χ1n) is 12.4. The lowest BCUT2D eigenvalue weighted by Gasteiger charge is -2.49. The lowest BCUT2D eigenvalue weighted by Crippen LogP contribution is -2.57. The van der Waals surface area contributed by atoms with Crippen molar-refractivity contribution in [2.75, 3.05) is 19.6 Å². The molecule has 2 aliphatic heterocycles. The fourth-order valence-electron chi connectivity index (χ4n) is 5.34. The Bertz CT molecular complexity index is 1220. The molecule has 0 radical (unpaired) electrons. The summed E-state index contributed by atoms with van der Waals surface area (Å²) in [6, 6.07) is 18.0. The number of nitrogens with zero attached hydrogens (tertiary/aromatic N) is 2. The van der Waals surface area contributed by atoms with Crippen LogP contribution in [0.25, 0.3) is 10.9 Å². The average molecular weight is 476 g/mol. The van der Waals surface area contributed by atoms with Crippen molar-refractivity contribution < 1.29 is 19.2 Å². The Labute approximate surface area is 206 Å². The minimum Gasteiger partial charge on any atom is -0.444 e. The topological polar surface area (TPSA) is 74.9 Å². The first-order valence-corrected chi connectivity index (χ1v) is 12.4. The van der Waals surface area contributed by atoms with E-state index in [-0.39, 0.29) is 18.5 Å². The third-order valence-electron chi connectivity index (χ3n) is 6.97. The number of piperidine rings is 1. The second-order valence-corrected chi connectivity index (χ2v) is 10.5. The van der Waals surface area contributed by atoms with Gasteiger partial charge in [0.1, 0.15) is 11.1 Å². The summed E-state index contributed by atoms with van der Waals surface area (Å²) in [5, 5.41) is 3.09. The van der Waals surface area contributed by atoms with Crippen molar-refractivity contribution >= 4 is 23.0 Å². The average Bonchev–Trinajstić information content (AvgIpc) is 3.21. The molecule has 5 rings (SSSR count). The molecule has 2 aliphatic rings. The smallest absolute Gasteiger partial charge is 0.410 e. The zero-order valence-corrected chi connectivity index (χ0v) is 20.7. The highest BCUT2D eigenvalue weighted by Crippen LogP contribution is 2.45. The van der Waals surface area contributed by atoms with Crippen LogP contribution in [0, 0.1) is 0 Å². The van der Waals surface area contributed by atoms with E-state index >= 15 is 0 Å². The molecule has 0 saturated carbocycles. The van der Waals surface area contributed by atoms with Crippen LogP contribution in [0.4, 0.5) is 4.79 Å². The normalized spacial score (nSPS) is 17.9. The van der Waals surface area contributed by atoms with Crippen molar-refractivity contribution in [2.24, 2.45) is 0 Å². The van der Waals surface area contributed by atoms with Crippen molar-refractivity contribution in [2.45, 2.75) is 57.6 Å². The van der Waals surface area contributed by atoms with Gasteiger partial charge in [-0.1, -0.05) is 48.5 Å². The van der Waals surface area contributed by atoms with Crippen molar-refractivity contribution in [3.63, 3.8) is 0 Å². The van der Waals surface area contributed by atoms with E-state index in [9.17, 15) is 9.59 Å². The molecule has 1 fully saturated rings. The van der Waals surface area contributed by atoms with Crippen molar-refractivity contribution in [3.8, 4) is 0 Å². The van der Waals surface area contributed by atoms with E-state index in [4.69, 9.17) is 9.57 Å². The van der Waals surface area contributed by atoms with Crippen LogP contribution in [0.3, 0.4) is 0 Å². The second kappa shape index (κ2) is 9.04. The van der Waals surface area contributed by atoms with Gasteiger partial charge in [0, 0.05) is 36.2 Å². The van der Waals surface area contributed by atoms with Crippen LogP contribution in [0.1, 0.15) is 50.4 Å². The van der Waals surface area contributed by atoms with Crippen LogP contribution in [0.15, 0.2) is 54.6 Å². The Hall–Kier alpha value is -3.32. The molecule has 1 saturated heterocycles. The molecule has 3 aromatic rings. The molecule has 1 aromatic heterocycles. The Morgan fingerprint density at radius 2 is 1.66 bits per heavy atom. The van der Waals surface area contributed by atoms with Crippen LogP contribution in [-0.4, -0.2) is 52.2 Å². The second-order valence-electron chi connectivity index (χ2n) is 10.5. The summed E-state index contributed by atoms with van der Waals surface area (Å²) in [6.45, 7) is 7.29. The quantitative estimate of drug-likeness (QED) is 0.580. The largest absolute Gasteiger partial charge is 0.444 e. The highest BCUT2D eigenvalue weighted by molar-refractivity contribution is 5.85. The molecule has 0 bridgehead atoms. The maximum atomic E-state index is 13.0. The first kappa shape index (κ1) is 23.4. The number of hydroxylamine groups is 2. The molecule has 3 heterocycles. The minimum absolute atomic E-state index is 0.219. The van der Waals surface area contributed by atoms with Gasteiger partial charge < -0.3 is 19.5 Å². The number of hydrogen-bond donors (Lipinski definition) is 1. The maximum absolute atomic E-state index is 13.0. The Morgan fingerprint density at radius 3 is 2.37 bits per heavy atom. The fourth-order valence-corrected chi connectivity index (χ4v) is 5.34. The standard InChI is InChI=1S/C28H33N3O4/c1-27(2,3)34-26(33)30-17-14-28(15-18-30)25-22(21-11-7-8-12-23(21)29-25)13-16-31(28)35-24(32)19-20-9-5-4-6-10-20/h4-12,29H,13-19H2,1-3H3. The molecule has 184 valence electrons. The monoisotopic (exact) mass is 475 g/mol. The van der Waals surface area contributed by atoms with Gasteiger partial charge in [0.15, 0.2) is 0 Å². The Kier molecular flexibility index (Phi) is 6.05. The number of para-hydroxylation sites is 1. The van der Waals surface area contributed by atoms with E-state index < -0.39 is 11.1 Å². The highest BCUT2D eigenvalue weighted by Gasteiger charge is 2.49. The van der Waals surface area contributed by atoms with Crippen LogP contribution >= 0.6 is 0 Å². The summed E-state index contributed by atoms with van der Waals surface area (Å²) in [4.78, 5) is 37.2. The molecule has 0 atom stereocenters. The molecule has 0 unspecified atom stereocenters. The van der Waals surface area contributed by atoms with Gasteiger partial charge in [0.05, 0.1) is 6.42 Å². The molecule has 1 spiro atoms. The summed E-state index contributed by atoms with van der Waals surface area (Å²) in [5.41, 5.74) is 3.33. The van der Waals surface area contributed by atoms with E-state index in [2.05, 4.69) is 23.2 Å². The number of aromatic nitrogens is 1. The van der Waals surface area contributed by atoms with Gasteiger partial charge >= 0.3 is 12.1 Å². The lowest BCUT2D eigenvalue weighted by atomic mass is 9.79. The molecule has 1 N–H and O–H groups in total. The van der Waals surface area contributed by atoms with Gasteiger partial charge in [-0.2, -0.15) is 0 Å². The van der Waals surface area contributed by atoms with Crippen LogP contribution in [0.2, 0.25) is 0 Å². The first-order chi connectivity index (χ1) is 16.7. The number of aromatic amines is 1.